The predicted octanol–water partition coefficient (Wildman–Crippen LogP) is 2.77. The molecule has 0 atom stereocenters. The minimum atomic E-state index is -0.598. The van der Waals surface area contributed by atoms with E-state index >= 15 is 0 Å². The molecule has 3 rings (SSSR count). The summed E-state index contributed by atoms with van der Waals surface area (Å²) >= 11 is 5.67. The van der Waals surface area contributed by atoms with Crippen molar-refractivity contribution in [3.8, 4) is 0 Å². The van der Waals surface area contributed by atoms with E-state index in [1.807, 2.05) is 12.2 Å². The van der Waals surface area contributed by atoms with Crippen molar-refractivity contribution in [2.45, 2.75) is 25.7 Å². The van der Waals surface area contributed by atoms with Gasteiger partial charge in [0.25, 0.3) is 0 Å². The van der Waals surface area contributed by atoms with Gasteiger partial charge in [0, 0.05) is 5.92 Å². The number of hydrogen-bond donors (Lipinski definition) is 2. The van der Waals surface area contributed by atoms with Crippen molar-refractivity contribution in [2.75, 3.05) is 5.32 Å². The Hall–Kier alpha value is -1.95. The third kappa shape index (κ3) is 3.39. The van der Waals surface area contributed by atoms with Gasteiger partial charge in [-0.2, -0.15) is 4.98 Å². The van der Waals surface area contributed by atoms with Crippen LogP contribution in [0.1, 0.15) is 25.7 Å². The molecule has 1 saturated carbocycles. The molecule has 5 nitrogen and oxygen atoms in total. The van der Waals surface area contributed by atoms with Crippen molar-refractivity contribution in [2.24, 2.45) is 5.92 Å². The van der Waals surface area contributed by atoms with Crippen LogP contribution in [0.2, 0.25) is 5.28 Å². The zero-order chi connectivity index (χ0) is 14.8. The van der Waals surface area contributed by atoms with Crippen molar-refractivity contribution in [1.82, 2.24) is 15.3 Å². The van der Waals surface area contributed by atoms with Gasteiger partial charge in [-0.15, -0.1) is 0 Å². The monoisotopic (exact) mass is 308 g/mol. The molecule has 2 N–H and O–H groups in total. The summed E-state index contributed by atoms with van der Waals surface area (Å²) in [6.45, 7) is 0. The van der Waals surface area contributed by atoms with Crippen LogP contribution in [0.5, 0.6) is 0 Å². The summed E-state index contributed by atoms with van der Waals surface area (Å²) in [5.74, 6) is -0.482. The quantitative estimate of drug-likeness (QED) is 0.839. The number of carbonyl (C=O) groups is 1. The summed E-state index contributed by atoms with van der Waals surface area (Å²) in [6.07, 6.45) is 8.34. The molecule has 2 aliphatic carbocycles. The predicted molar refractivity (Wildman–Crippen MR) is 76.9 cm³/mol. The van der Waals surface area contributed by atoms with Crippen molar-refractivity contribution < 1.29 is 9.18 Å². The Morgan fingerprint density at radius 1 is 1.29 bits per heavy atom. The number of halogens is 2. The van der Waals surface area contributed by atoms with Gasteiger partial charge in [-0.1, -0.05) is 12.2 Å². The van der Waals surface area contributed by atoms with Crippen LogP contribution in [-0.2, 0) is 4.79 Å². The average molecular weight is 309 g/mol. The summed E-state index contributed by atoms with van der Waals surface area (Å²) in [5, 5.41) is 5.71. The fourth-order valence-electron chi connectivity index (χ4n) is 2.05. The number of rotatable bonds is 4. The number of carbonyl (C=O) groups excluding carboxylic acids is 1. The fourth-order valence-corrected chi connectivity index (χ4v) is 2.19. The van der Waals surface area contributed by atoms with Crippen molar-refractivity contribution >= 4 is 23.3 Å². The lowest BCUT2D eigenvalue weighted by molar-refractivity contribution is -0.121. The van der Waals surface area contributed by atoms with Gasteiger partial charge in [-0.05, 0) is 37.3 Å². The summed E-state index contributed by atoms with van der Waals surface area (Å²) in [6, 6.07) is 0. The number of nitrogens with zero attached hydrogens (tertiary/aromatic N) is 2. The summed E-state index contributed by atoms with van der Waals surface area (Å²) in [7, 11) is 0. The minimum Gasteiger partial charge on any atom is -0.336 e. The molecule has 2 aliphatic rings. The molecule has 0 bridgehead atoms. The third-order valence-electron chi connectivity index (χ3n) is 3.33. The van der Waals surface area contributed by atoms with Gasteiger partial charge < -0.3 is 10.6 Å². The molecule has 0 unspecified atom stereocenters. The minimum absolute atomic E-state index is 0.00489. The highest BCUT2D eigenvalue weighted by molar-refractivity contribution is 6.28. The molecule has 1 fully saturated rings. The molecule has 0 aliphatic heterocycles. The van der Waals surface area contributed by atoms with Crippen molar-refractivity contribution in [1.29, 1.82) is 0 Å². The van der Waals surface area contributed by atoms with Gasteiger partial charge in [0.05, 0.1) is 17.6 Å². The molecule has 110 valence electrons. The number of amides is 1. The zero-order valence-corrected chi connectivity index (χ0v) is 12.0. The maximum atomic E-state index is 13.7. The van der Waals surface area contributed by atoms with Gasteiger partial charge in [-0.25, -0.2) is 9.37 Å². The van der Waals surface area contributed by atoms with Gasteiger partial charge in [0.2, 0.25) is 11.2 Å². The molecule has 7 heteroatoms. The normalized spacial score (nSPS) is 17.8. The number of allylic oxidation sites excluding steroid dienone is 2. The highest BCUT2D eigenvalue weighted by Crippen LogP contribution is 2.30. The first-order chi connectivity index (χ1) is 10.1. The van der Waals surface area contributed by atoms with Gasteiger partial charge in [0.15, 0.2) is 11.6 Å². The second-order valence-corrected chi connectivity index (χ2v) is 5.38. The topological polar surface area (TPSA) is 66.9 Å². The van der Waals surface area contributed by atoms with E-state index < -0.39 is 5.82 Å². The lowest BCUT2D eigenvalue weighted by atomic mass is 10.1. The highest BCUT2D eigenvalue weighted by Gasteiger charge is 2.30. The molecule has 0 spiro atoms. The Balaban J connectivity index is 1.75. The van der Waals surface area contributed by atoms with Crippen molar-refractivity contribution in [3.63, 3.8) is 0 Å². The summed E-state index contributed by atoms with van der Waals surface area (Å²) in [5.41, 5.74) is 1.29. The second-order valence-electron chi connectivity index (χ2n) is 5.04. The largest absolute Gasteiger partial charge is 0.336 e. The Kier molecular flexibility index (Phi) is 3.88. The van der Waals surface area contributed by atoms with E-state index in [-0.39, 0.29) is 22.9 Å². The first-order valence-corrected chi connectivity index (χ1v) is 7.18. The molecule has 1 heterocycles. The molecule has 1 aromatic heterocycles. The smallest absolute Gasteiger partial charge is 0.227 e. The highest BCUT2D eigenvalue weighted by atomic mass is 35.5. The van der Waals surface area contributed by atoms with Crippen LogP contribution in [0.25, 0.3) is 0 Å². The maximum Gasteiger partial charge on any atom is 0.227 e. The maximum absolute atomic E-state index is 13.7. The van der Waals surface area contributed by atoms with E-state index in [2.05, 4.69) is 20.6 Å². The van der Waals surface area contributed by atoms with Gasteiger partial charge in [-0.3, -0.25) is 4.79 Å². The molecular formula is C14H14ClFN4O. The van der Waals surface area contributed by atoms with E-state index in [9.17, 15) is 9.18 Å². The van der Waals surface area contributed by atoms with Crippen LogP contribution < -0.4 is 10.6 Å². The standard InChI is InChI=1S/C14H14ClFN4O/c15-14-17-7-9(16)12(20-14)18-10-3-1-2-4-11(10)19-13(21)8-5-6-8/h3-4,7-8H,1-2,5-6H2,(H,19,21)(H,17,18,20). The van der Waals surface area contributed by atoms with Gasteiger partial charge >= 0.3 is 0 Å². The van der Waals surface area contributed by atoms with Gasteiger partial charge in [0.1, 0.15) is 0 Å². The van der Waals surface area contributed by atoms with E-state index in [4.69, 9.17) is 11.6 Å². The number of aromatic nitrogens is 2. The van der Waals surface area contributed by atoms with E-state index in [1.165, 1.54) is 0 Å². The Morgan fingerprint density at radius 3 is 2.71 bits per heavy atom. The first-order valence-electron chi connectivity index (χ1n) is 6.80. The molecule has 0 radical (unpaired) electrons. The third-order valence-corrected chi connectivity index (χ3v) is 3.51. The number of nitrogens with one attached hydrogen (secondary N) is 2. The van der Waals surface area contributed by atoms with E-state index in [1.54, 1.807) is 0 Å². The van der Waals surface area contributed by atoms with Crippen LogP contribution in [-0.4, -0.2) is 15.9 Å². The SMILES string of the molecule is O=C(NC1=CCCC=C1Nc1nc(Cl)ncc1F)C1CC1. The molecule has 0 aromatic carbocycles. The van der Waals surface area contributed by atoms with E-state index in [0.29, 0.717) is 11.4 Å². The van der Waals surface area contributed by atoms with Crippen LogP contribution in [0.3, 0.4) is 0 Å². The second kappa shape index (κ2) is 5.81. The van der Waals surface area contributed by atoms with E-state index in [0.717, 1.165) is 31.9 Å². The summed E-state index contributed by atoms with van der Waals surface area (Å²) < 4.78 is 13.7. The first kappa shape index (κ1) is 14.0. The number of anilines is 1. The van der Waals surface area contributed by atoms with Crippen LogP contribution in [0, 0.1) is 11.7 Å². The van der Waals surface area contributed by atoms with Crippen LogP contribution in [0.15, 0.2) is 29.7 Å². The fraction of sp³-hybridized carbons (Fsp3) is 0.357. The van der Waals surface area contributed by atoms with Crippen molar-refractivity contribution in [3.05, 3.63) is 40.8 Å². The Labute approximate surface area is 126 Å². The molecule has 1 amide bonds. The molecular weight excluding hydrogens is 295 g/mol. The Morgan fingerprint density at radius 2 is 2.00 bits per heavy atom. The zero-order valence-electron chi connectivity index (χ0n) is 11.2. The Bertz CT molecular complexity index is 640. The summed E-state index contributed by atoms with van der Waals surface area (Å²) in [4.78, 5) is 19.2. The molecule has 1 aromatic rings. The molecule has 21 heavy (non-hydrogen) atoms. The lowest BCUT2D eigenvalue weighted by Gasteiger charge is -2.18. The average Bonchev–Trinajstić information content (AvgIpc) is 3.29. The number of hydrogen-bond acceptors (Lipinski definition) is 4. The van der Waals surface area contributed by atoms with Crippen LogP contribution >= 0.6 is 11.6 Å². The van der Waals surface area contributed by atoms with Crippen LogP contribution in [0.4, 0.5) is 10.2 Å². The lowest BCUT2D eigenvalue weighted by Crippen LogP contribution is -2.28. The molecule has 0 saturated heterocycles.